The zero-order valence-electron chi connectivity index (χ0n) is 5.18. The molecule has 0 heterocycles. The molecule has 0 radical (unpaired) electrons. The third-order valence-corrected chi connectivity index (χ3v) is 0.687. The summed E-state index contributed by atoms with van der Waals surface area (Å²) in [4.78, 5) is 9.90. The number of carbonyl (C=O) groups is 1. The highest BCUT2D eigenvalue weighted by Crippen LogP contribution is 1.88. The Morgan fingerprint density at radius 2 is 2.43 bits per heavy atom. The molecule has 0 aromatic rings. The van der Waals surface area contributed by atoms with E-state index in [2.05, 4.69) is 0 Å². The molecule has 42 valence electrons. The molecule has 0 aromatic carbocycles. The Balaban J connectivity index is 2.82. The number of hydrogen-bond acceptors (Lipinski definition) is 2. The van der Waals surface area contributed by atoms with Crippen LogP contribution in [-0.2, 0) is 4.79 Å². The SMILES string of the molecule is [2H]C(=O)CCCCO. The van der Waals surface area contributed by atoms with Crippen LogP contribution in [0.3, 0.4) is 0 Å². The molecular weight excluding hydrogens is 92.1 g/mol. The topological polar surface area (TPSA) is 37.3 Å². The number of rotatable bonds is 4. The van der Waals surface area contributed by atoms with Crippen LogP contribution in [0.15, 0.2) is 0 Å². The molecule has 0 bridgehead atoms. The standard InChI is InChI=1S/C5H10O2/c6-4-2-1-3-5-7/h4,7H,1-3,5H2/i4D. The predicted molar refractivity (Wildman–Crippen MR) is 27.0 cm³/mol. The second-order valence-corrected chi connectivity index (χ2v) is 1.33. The van der Waals surface area contributed by atoms with Gasteiger partial charge in [0.25, 0.3) is 0 Å². The van der Waals surface area contributed by atoms with Crippen LogP contribution in [-0.4, -0.2) is 18.0 Å². The maximum atomic E-state index is 9.90. The Labute approximate surface area is 44.6 Å². The van der Waals surface area contributed by atoms with Crippen molar-refractivity contribution >= 4 is 6.26 Å². The van der Waals surface area contributed by atoms with Crippen LogP contribution in [0.1, 0.15) is 20.6 Å². The number of aldehydes is 1. The minimum absolute atomic E-state index is 0.118. The Kier molecular flexibility index (Phi) is 3.85. The molecule has 2 heteroatoms. The monoisotopic (exact) mass is 103 g/mol. The molecule has 0 rings (SSSR count). The van der Waals surface area contributed by atoms with Crippen LogP contribution in [0.25, 0.3) is 0 Å². The maximum Gasteiger partial charge on any atom is 0.119 e. The molecule has 1 N–H and O–H groups in total. The second kappa shape index (κ2) is 5.63. The van der Waals surface area contributed by atoms with Gasteiger partial charge in [0.2, 0.25) is 0 Å². The van der Waals surface area contributed by atoms with E-state index in [9.17, 15) is 4.79 Å². The van der Waals surface area contributed by atoms with Crippen molar-refractivity contribution in [1.82, 2.24) is 0 Å². The van der Waals surface area contributed by atoms with Gasteiger partial charge in [-0.1, -0.05) is 0 Å². The van der Waals surface area contributed by atoms with Crippen LogP contribution in [0.5, 0.6) is 0 Å². The van der Waals surface area contributed by atoms with Gasteiger partial charge >= 0.3 is 0 Å². The number of unbranched alkanes of at least 4 members (excludes halogenated alkanes) is 1. The lowest BCUT2D eigenvalue weighted by Gasteiger charge is -1.85. The van der Waals surface area contributed by atoms with Gasteiger partial charge in [0, 0.05) is 13.0 Å². The number of aliphatic hydroxyl groups is 1. The highest BCUT2D eigenvalue weighted by molar-refractivity contribution is 5.48. The smallest absolute Gasteiger partial charge is 0.119 e. The molecule has 0 aliphatic rings. The molecule has 2 nitrogen and oxygen atoms in total. The van der Waals surface area contributed by atoms with Gasteiger partial charge in [0.15, 0.2) is 0 Å². The summed E-state index contributed by atoms with van der Waals surface area (Å²) in [5, 5.41) is 8.21. The average Bonchev–Trinajstić information content (AvgIpc) is 1.66. The molecule has 0 aliphatic heterocycles. The van der Waals surface area contributed by atoms with Crippen molar-refractivity contribution in [1.29, 1.82) is 0 Å². The third-order valence-electron chi connectivity index (χ3n) is 0.687. The van der Waals surface area contributed by atoms with E-state index in [1.807, 2.05) is 0 Å². The van der Waals surface area contributed by atoms with Crippen LogP contribution in [0.2, 0.25) is 0 Å². The van der Waals surface area contributed by atoms with E-state index < -0.39 is 6.26 Å². The van der Waals surface area contributed by atoms with E-state index >= 15 is 0 Å². The number of hydrogen-bond donors (Lipinski definition) is 1. The van der Waals surface area contributed by atoms with Gasteiger partial charge in [0.05, 0.1) is 0 Å². The summed E-state index contributed by atoms with van der Waals surface area (Å²) in [6.07, 6.45) is 1.00. The zero-order valence-corrected chi connectivity index (χ0v) is 4.18. The van der Waals surface area contributed by atoms with Crippen LogP contribution < -0.4 is 0 Å². The van der Waals surface area contributed by atoms with Gasteiger partial charge < -0.3 is 9.90 Å². The molecule has 0 saturated carbocycles. The van der Waals surface area contributed by atoms with E-state index in [0.717, 1.165) is 0 Å². The summed E-state index contributed by atoms with van der Waals surface area (Å²) in [7, 11) is 0. The third kappa shape index (κ3) is 5.63. The molecule has 0 unspecified atom stereocenters. The normalized spacial score (nSPS) is 10.7. The molecule has 0 amide bonds. The lowest BCUT2D eigenvalue weighted by Crippen LogP contribution is -1.82. The highest BCUT2D eigenvalue weighted by atomic mass is 16.2. The number of carbonyl (C=O) groups excluding carboxylic acids is 1. The van der Waals surface area contributed by atoms with E-state index in [4.69, 9.17) is 6.48 Å². The van der Waals surface area contributed by atoms with E-state index in [1.54, 1.807) is 0 Å². The van der Waals surface area contributed by atoms with Crippen molar-refractivity contribution in [3.63, 3.8) is 0 Å². The second-order valence-electron chi connectivity index (χ2n) is 1.33. The summed E-state index contributed by atoms with van der Waals surface area (Å²) >= 11 is 0. The van der Waals surface area contributed by atoms with Crippen LogP contribution in [0.4, 0.5) is 0 Å². The first-order valence-corrected chi connectivity index (χ1v) is 2.37. The average molecular weight is 103 g/mol. The molecule has 0 aromatic heterocycles. The highest BCUT2D eigenvalue weighted by Gasteiger charge is 1.80. The molecular formula is C5H10O2. The Morgan fingerprint density at radius 1 is 1.71 bits per heavy atom. The summed E-state index contributed by atoms with van der Waals surface area (Å²) in [5.41, 5.74) is 0. The summed E-state index contributed by atoms with van der Waals surface area (Å²) in [6.45, 7) is 0.118. The van der Waals surface area contributed by atoms with E-state index in [-0.39, 0.29) is 13.0 Å². The van der Waals surface area contributed by atoms with Crippen molar-refractivity contribution in [2.45, 2.75) is 19.3 Å². The van der Waals surface area contributed by atoms with Gasteiger partial charge in [-0.05, 0) is 12.8 Å². The summed E-state index contributed by atoms with van der Waals surface area (Å²) in [5.74, 6) is 0. The van der Waals surface area contributed by atoms with Crippen molar-refractivity contribution in [3.05, 3.63) is 0 Å². The van der Waals surface area contributed by atoms with Gasteiger partial charge in [-0.3, -0.25) is 0 Å². The fourth-order valence-corrected chi connectivity index (χ4v) is 0.309. The fraction of sp³-hybridized carbons (Fsp3) is 0.800. The number of aliphatic hydroxyl groups excluding tert-OH is 1. The van der Waals surface area contributed by atoms with E-state index in [0.29, 0.717) is 12.8 Å². The minimum Gasteiger partial charge on any atom is -0.396 e. The van der Waals surface area contributed by atoms with Crippen LogP contribution >= 0.6 is 0 Å². The lowest BCUT2D eigenvalue weighted by molar-refractivity contribution is -0.107. The maximum absolute atomic E-state index is 9.90. The minimum atomic E-state index is -0.543. The van der Waals surface area contributed by atoms with Crippen molar-refractivity contribution in [2.24, 2.45) is 0 Å². The van der Waals surface area contributed by atoms with Gasteiger partial charge in [-0.15, -0.1) is 0 Å². The Bertz CT molecular complexity index is 72.8. The molecule has 0 atom stereocenters. The van der Waals surface area contributed by atoms with Gasteiger partial charge in [-0.25, -0.2) is 0 Å². The largest absolute Gasteiger partial charge is 0.396 e. The van der Waals surface area contributed by atoms with Crippen molar-refractivity contribution in [3.8, 4) is 0 Å². The Hall–Kier alpha value is -0.370. The van der Waals surface area contributed by atoms with Gasteiger partial charge in [0.1, 0.15) is 7.63 Å². The van der Waals surface area contributed by atoms with Gasteiger partial charge in [-0.2, -0.15) is 0 Å². The Morgan fingerprint density at radius 3 is 2.86 bits per heavy atom. The molecule has 0 saturated heterocycles. The summed E-state index contributed by atoms with van der Waals surface area (Å²) in [6, 6.07) is 0. The summed E-state index contributed by atoms with van der Waals surface area (Å²) < 4.78 is 6.44. The first-order valence-electron chi connectivity index (χ1n) is 2.87. The van der Waals surface area contributed by atoms with Crippen molar-refractivity contribution < 1.29 is 11.3 Å². The van der Waals surface area contributed by atoms with Crippen molar-refractivity contribution in [2.75, 3.05) is 6.61 Å². The fourth-order valence-electron chi connectivity index (χ4n) is 0.309. The molecule has 0 fully saturated rings. The first kappa shape index (κ1) is 4.78. The lowest BCUT2D eigenvalue weighted by atomic mass is 10.3. The van der Waals surface area contributed by atoms with E-state index in [1.165, 1.54) is 0 Å². The molecule has 0 spiro atoms. The van der Waals surface area contributed by atoms with Crippen LogP contribution in [0, 0.1) is 0 Å². The predicted octanol–water partition coefficient (Wildman–Crippen LogP) is 0.348. The molecule has 7 heavy (non-hydrogen) atoms. The molecule has 0 aliphatic carbocycles. The quantitative estimate of drug-likeness (QED) is 0.411. The first-order chi connectivity index (χ1) is 3.77. The zero-order chi connectivity index (χ0) is 6.41.